The lowest BCUT2D eigenvalue weighted by atomic mass is 9.87. The molecule has 0 aliphatic carbocycles. The number of anilines is 1. The quantitative estimate of drug-likeness (QED) is 0.532. The second-order valence-electron chi connectivity index (χ2n) is 12.4. The lowest BCUT2D eigenvalue weighted by molar-refractivity contribution is -0.138. The fourth-order valence-corrected chi connectivity index (χ4v) is 6.23. The van der Waals surface area contributed by atoms with Crippen LogP contribution in [0.15, 0.2) is 24.3 Å². The first-order chi connectivity index (χ1) is 18.1. The number of benzene rings is 1. The van der Waals surface area contributed by atoms with Gasteiger partial charge in [0.05, 0.1) is 6.10 Å². The van der Waals surface area contributed by atoms with Crippen LogP contribution in [0.4, 0.5) is 5.69 Å². The van der Waals surface area contributed by atoms with Crippen molar-refractivity contribution in [3.05, 3.63) is 29.8 Å². The molecule has 3 saturated heterocycles. The van der Waals surface area contributed by atoms with E-state index >= 15 is 0 Å². The Morgan fingerprint density at radius 1 is 1.05 bits per heavy atom. The summed E-state index contributed by atoms with van der Waals surface area (Å²) in [4.78, 5) is 46.4. The largest absolute Gasteiger partial charge is 0.369 e. The van der Waals surface area contributed by atoms with Crippen molar-refractivity contribution in [2.24, 2.45) is 11.3 Å². The lowest BCUT2D eigenvalue weighted by Crippen LogP contribution is -2.53. The zero-order valence-corrected chi connectivity index (χ0v) is 23.9. The van der Waals surface area contributed by atoms with Crippen molar-refractivity contribution < 1.29 is 19.1 Å². The number of hydrogen-bond acceptors (Lipinski definition) is 6. The van der Waals surface area contributed by atoms with E-state index in [-0.39, 0.29) is 41.6 Å². The van der Waals surface area contributed by atoms with E-state index in [2.05, 4.69) is 49.7 Å². The number of ether oxygens (including phenoxy) is 1. The number of carbonyl (C=O) groups is 3. The van der Waals surface area contributed by atoms with E-state index < -0.39 is 12.1 Å². The van der Waals surface area contributed by atoms with Gasteiger partial charge in [-0.3, -0.25) is 19.3 Å². The molecular weight excluding hydrogens is 480 g/mol. The molecule has 0 unspecified atom stereocenters. The second-order valence-corrected chi connectivity index (χ2v) is 12.4. The van der Waals surface area contributed by atoms with Gasteiger partial charge in [0.2, 0.25) is 5.91 Å². The second kappa shape index (κ2) is 12.2. The maximum atomic E-state index is 13.9. The van der Waals surface area contributed by atoms with Crippen LogP contribution in [-0.2, 0) is 14.3 Å². The summed E-state index contributed by atoms with van der Waals surface area (Å²) in [5, 5.41) is 3.02. The van der Waals surface area contributed by atoms with Gasteiger partial charge in [-0.15, -0.1) is 0 Å². The summed E-state index contributed by atoms with van der Waals surface area (Å²) in [6, 6.07) is 6.46. The number of amides is 2. The zero-order chi connectivity index (χ0) is 27.4. The summed E-state index contributed by atoms with van der Waals surface area (Å²) in [6.07, 6.45) is 3.31. The summed E-state index contributed by atoms with van der Waals surface area (Å²) in [5.74, 6) is -0.319. The Labute approximate surface area is 228 Å². The molecule has 38 heavy (non-hydrogen) atoms. The number of fused-ring (bicyclic) bond motifs is 1. The number of piperazine rings is 1. The van der Waals surface area contributed by atoms with E-state index in [9.17, 15) is 14.4 Å². The van der Waals surface area contributed by atoms with Crippen molar-refractivity contribution in [1.29, 1.82) is 0 Å². The number of Topliss-reactive ketones (excluding diaryl/α,β-unsaturated/α-hetero) is 1. The molecule has 0 bridgehead atoms. The van der Waals surface area contributed by atoms with E-state index in [4.69, 9.17) is 4.74 Å². The Morgan fingerprint density at radius 3 is 2.34 bits per heavy atom. The number of nitrogens with one attached hydrogen (secondary N) is 1. The van der Waals surface area contributed by atoms with Gasteiger partial charge in [-0.2, -0.15) is 0 Å². The maximum absolute atomic E-state index is 13.9. The highest BCUT2D eigenvalue weighted by Crippen LogP contribution is 2.35. The molecule has 4 rings (SSSR count). The van der Waals surface area contributed by atoms with Crippen LogP contribution in [0.5, 0.6) is 0 Å². The zero-order valence-electron chi connectivity index (χ0n) is 23.9. The summed E-state index contributed by atoms with van der Waals surface area (Å²) in [7, 11) is 0. The Balaban J connectivity index is 1.44. The molecule has 3 heterocycles. The van der Waals surface area contributed by atoms with Crippen molar-refractivity contribution in [2.75, 3.05) is 50.8 Å². The Morgan fingerprint density at radius 2 is 1.74 bits per heavy atom. The highest BCUT2D eigenvalue weighted by Gasteiger charge is 2.52. The fourth-order valence-electron chi connectivity index (χ4n) is 6.23. The van der Waals surface area contributed by atoms with E-state index in [0.717, 1.165) is 51.3 Å². The number of nitrogens with zero attached hydrogens (tertiary/aromatic N) is 3. The highest BCUT2D eigenvalue weighted by atomic mass is 16.5. The summed E-state index contributed by atoms with van der Waals surface area (Å²) >= 11 is 0. The maximum Gasteiger partial charge on any atom is 0.251 e. The SMILES string of the molecule is CCC[C@@H]1CN(C(=O)[C@H](CC(C)(C)C)NC(=O)c2ccc(N3CCN(CCC)CC3)cc2)[C@@H]2C(=O)CO[C@H]12. The topological polar surface area (TPSA) is 82.2 Å². The Kier molecular flexibility index (Phi) is 9.14. The first kappa shape index (κ1) is 28.6. The Hall–Kier alpha value is -2.45. The normalized spacial score (nSPS) is 25.0. The van der Waals surface area contributed by atoms with Gasteiger partial charge in [-0.1, -0.05) is 41.0 Å². The molecule has 8 nitrogen and oxygen atoms in total. The molecule has 0 spiro atoms. The van der Waals surface area contributed by atoms with E-state index in [1.165, 1.54) is 6.42 Å². The van der Waals surface area contributed by atoms with Gasteiger partial charge in [0.15, 0.2) is 5.78 Å². The molecule has 1 aromatic carbocycles. The molecule has 3 aliphatic rings. The van der Waals surface area contributed by atoms with Gasteiger partial charge in [0.1, 0.15) is 18.7 Å². The predicted octanol–water partition coefficient (Wildman–Crippen LogP) is 3.35. The molecule has 1 aromatic rings. The third kappa shape index (κ3) is 6.57. The van der Waals surface area contributed by atoms with Crippen LogP contribution >= 0.6 is 0 Å². The standard InChI is InChI=1S/C30H46N4O4/c1-6-8-22-19-34(26-25(35)20-38-27(22)26)29(37)24(18-30(3,4)5)31-28(36)21-9-11-23(12-10-21)33-16-14-32(13-7-2)15-17-33/h9-12,22,24,26-27H,6-8,13-20H2,1-5H3,(H,31,36)/t22-,24+,26-,27-/m1/s1. The molecule has 3 fully saturated rings. The fraction of sp³-hybridized carbons (Fsp3) is 0.700. The summed E-state index contributed by atoms with van der Waals surface area (Å²) in [5.41, 5.74) is 1.47. The van der Waals surface area contributed by atoms with Crippen molar-refractivity contribution >= 4 is 23.3 Å². The molecule has 0 saturated carbocycles. The number of rotatable bonds is 9. The molecule has 1 N–H and O–H groups in total. The van der Waals surface area contributed by atoms with Crippen LogP contribution in [0.25, 0.3) is 0 Å². The van der Waals surface area contributed by atoms with Gasteiger partial charge in [-0.05, 0) is 55.5 Å². The van der Waals surface area contributed by atoms with Crippen LogP contribution in [-0.4, -0.2) is 91.5 Å². The van der Waals surface area contributed by atoms with Crippen molar-refractivity contribution in [1.82, 2.24) is 15.1 Å². The molecular formula is C30H46N4O4. The van der Waals surface area contributed by atoms with Gasteiger partial charge < -0.3 is 19.9 Å². The van der Waals surface area contributed by atoms with E-state index in [0.29, 0.717) is 18.5 Å². The number of ketones is 1. The average molecular weight is 527 g/mol. The summed E-state index contributed by atoms with van der Waals surface area (Å²) in [6.45, 7) is 16.3. The van der Waals surface area contributed by atoms with Crippen LogP contribution in [0.3, 0.4) is 0 Å². The third-order valence-corrected chi connectivity index (χ3v) is 8.06. The van der Waals surface area contributed by atoms with Crippen molar-refractivity contribution in [3.8, 4) is 0 Å². The Bertz CT molecular complexity index is 981. The van der Waals surface area contributed by atoms with Crippen LogP contribution in [0.1, 0.15) is 70.7 Å². The van der Waals surface area contributed by atoms with Crippen molar-refractivity contribution in [3.63, 3.8) is 0 Å². The van der Waals surface area contributed by atoms with E-state index in [1.807, 2.05) is 24.3 Å². The van der Waals surface area contributed by atoms with Crippen LogP contribution in [0, 0.1) is 11.3 Å². The number of carbonyl (C=O) groups excluding carboxylic acids is 3. The van der Waals surface area contributed by atoms with E-state index in [1.54, 1.807) is 4.90 Å². The summed E-state index contributed by atoms with van der Waals surface area (Å²) < 4.78 is 5.81. The minimum Gasteiger partial charge on any atom is -0.369 e. The van der Waals surface area contributed by atoms with Crippen molar-refractivity contribution in [2.45, 2.75) is 78.5 Å². The van der Waals surface area contributed by atoms with Gasteiger partial charge in [0.25, 0.3) is 5.91 Å². The molecule has 2 amide bonds. The molecule has 4 atom stereocenters. The average Bonchev–Trinajstić information content (AvgIpc) is 3.44. The van der Waals surface area contributed by atoms with Gasteiger partial charge >= 0.3 is 0 Å². The third-order valence-electron chi connectivity index (χ3n) is 8.06. The van der Waals surface area contributed by atoms with Gasteiger partial charge in [-0.25, -0.2) is 0 Å². The van der Waals surface area contributed by atoms with Crippen LogP contribution < -0.4 is 10.2 Å². The molecule has 8 heteroatoms. The predicted molar refractivity (Wildman–Crippen MR) is 149 cm³/mol. The molecule has 3 aliphatic heterocycles. The van der Waals surface area contributed by atoms with Crippen LogP contribution in [0.2, 0.25) is 0 Å². The molecule has 0 aromatic heterocycles. The monoisotopic (exact) mass is 526 g/mol. The smallest absolute Gasteiger partial charge is 0.251 e. The number of hydrogen-bond donors (Lipinski definition) is 1. The first-order valence-electron chi connectivity index (χ1n) is 14.4. The lowest BCUT2D eigenvalue weighted by Gasteiger charge is -2.36. The van der Waals surface area contributed by atoms with Gasteiger partial charge in [0, 0.05) is 49.9 Å². The minimum absolute atomic E-state index is 0.0334. The number of likely N-dealkylation sites (tertiary alicyclic amines) is 1. The highest BCUT2D eigenvalue weighted by molar-refractivity contribution is 5.99. The minimum atomic E-state index is -0.705. The first-order valence-corrected chi connectivity index (χ1v) is 14.4. The molecule has 210 valence electrons. The molecule has 0 radical (unpaired) electrons.